The molecule has 0 unspecified atom stereocenters. The number of aromatic nitrogens is 2. The topological polar surface area (TPSA) is 199 Å². The maximum absolute atomic E-state index is 12.7. The molecular formula is C33H32N6O8S5. The second kappa shape index (κ2) is 16.3. The second-order valence-corrected chi connectivity index (χ2v) is 17.0. The van der Waals surface area contributed by atoms with Crippen LogP contribution in [0.5, 0.6) is 11.5 Å². The Morgan fingerprint density at radius 2 is 1.58 bits per heavy atom. The molecule has 2 aromatic heterocycles. The smallest absolute Gasteiger partial charge is 0.346 e. The zero-order valence-corrected chi connectivity index (χ0v) is 32.1. The highest BCUT2D eigenvalue weighted by Crippen LogP contribution is 2.34. The Morgan fingerprint density at radius 1 is 0.942 bits per heavy atom. The van der Waals surface area contributed by atoms with Gasteiger partial charge in [0.2, 0.25) is 0 Å². The van der Waals surface area contributed by atoms with Crippen LogP contribution in [0.1, 0.15) is 28.9 Å². The molecule has 3 aromatic carbocycles. The van der Waals surface area contributed by atoms with Crippen molar-refractivity contribution in [2.24, 2.45) is 15.7 Å². The first-order chi connectivity index (χ1) is 24.9. The Bertz CT molecular complexity index is 2320. The van der Waals surface area contributed by atoms with E-state index in [1.807, 2.05) is 25.1 Å². The number of nitro benzene ring substituents is 1. The van der Waals surface area contributed by atoms with Crippen LogP contribution < -0.4 is 14.7 Å². The number of methoxy groups -OCH3 is 1. The summed E-state index contributed by atoms with van der Waals surface area (Å²) in [5.41, 5.74) is 7.14. The molecule has 2 atom stereocenters. The average molecular weight is 801 g/mol. The lowest BCUT2D eigenvalue weighted by atomic mass is 10.2. The van der Waals surface area contributed by atoms with Gasteiger partial charge in [-0.2, -0.15) is 8.42 Å². The molecule has 4 heterocycles. The van der Waals surface area contributed by atoms with Crippen LogP contribution in [0.4, 0.5) is 5.69 Å². The Labute approximate surface area is 315 Å². The lowest BCUT2D eigenvalue weighted by Crippen LogP contribution is -2.19. The summed E-state index contributed by atoms with van der Waals surface area (Å²) in [6, 6.07) is 14.2. The third-order valence-corrected chi connectivity index (χ3v) is 13.3. The normalized spacial score (nSPS) is 17.0. The minimum Gasteiger partial charge on any atom is -0.493 e. The number of esters is 1. The van der Waals surface area contributed by atoms with Crippen molar-refractivity contribution in [2.45, 2.75) is 37.2 Å². The van der Waals surface area contributed by atoms with E-state index in [-0.39, 0.29) is 17.8 Å². The molecule has 0 bridgehead atoms. The lowest BCUT2D eigenvalue weighted by Gasteiger charge is -2.08. The number of thioether (sulfide) groups is 2. The molecule has 2 N–H and O–H groups in total. The van der Waals surface area contributed by atoms with E-state index in [2.05, 4.69) is 20.0 Å². The number of ether oxygens (including phenoxy) is 2. The van der Waals surface area contributed by atoms with Crippen molar-refractivity contribution in [1.29, 1.82) is 0 Å². The van der Waals surface area contributed by atoms with Gasteiger partial charge in [-0.3, -0.25) is 20.1 Å². The van der Waals surface area contributed by atoms with E-state index in [0.717, 1.165) is 52.9 Å². The molecule has 272 valence electrons. The maximum Gasteiger partial charge on any atom is 0.346 e. The standard InChI is InChI=1S/C18H15N3O5S3.C15H17N3O3S2/c1-10-3-6-16(14(7-10)21(22)23)29(24,25)26-12-4-5-13-15(8-12)28-18(20-13)17-19-11(2)9-27-17;1-20-15(19)11-8-22-13(18-11)14-17-10-4-3-9(7-12(10)23-14)21-6-2-5-16/h3-8,11H,9H2,1-2H3;3-4,7,11H,2,5-6,8,16H2,1H3/t2*11-/m01/s1. The van der Waals surface area contributed by atoms with Crippen LogP contribution in [0.15, 0.2) is 69.5 Å². The molecule has 5 aromatic rings. The average Bonchev–Trinajstić information content (AvgIpc) is 3.93. The molecule has 7 rings (SSSR count). The van der Waals surface area contributed by atoms with Gasteiger partial charge in [0.25, 0.3) is 5.69 Å². The summed E-state index contributed by atoms with van der Waals surface area (Å²) in [5.74, 6) is 2.09. The molecule has 52 heavy (non-hydrogen) atoms. The summed E-state index contributed by atoms with van der Waals surface area (Å²) >= 11 is 6.12. The number of nitrogens with zero attached hydrogens (tertiary/aromatic N) is 5. The van der Waals surface area contributed by atoms with Crippen molar-refractivity contribution in [3.05, 3.63) is 80.3 Å². The lowest BCUT2D eigenvalue weighted by molar-refractivity contribution is -0.387. The number of hydrogen-bond acceptors (Lipinski definition) is 17. The number of aliphatic imine (C=N–C) groups is 2. The van der Waals surface area contributed by atoms with Crippen LogP contribution in [0, 0.1) is 17.0 Å². The molecular weight excluding hydrogens is 769 g/mol. The Kier molecular flexibility index (Phi) is 11.8. The van der Waals surface area contributed by atoms with Crippen LogP contribution in [0.25, 0.3) is 20.4 Å². The van der Waals surface area contributed by atoms with Gasteiger partial charge >= 0.3 is 16.1 Å². The quantitative estimate of drug-likeness (QED) is 0.0520. The predicted octanol–water partition coefficient (Wildman–Crippen LogP) is 6.22. The Hall–Kier alpha value is -4.14. The van der Waals surface area contributed by atoms with Crippen LogP contribution in [0.3, 0.4) is 0 Å². The van der Waals surface area contributed by atoms with Crippen LogP contribution >= 0.6 is 46.2 Å². The number of benzene rings is 3. The number of carbonyl (C=O) groups is 1. The van der Waals surface area contributed by atoms with Gasteiger partial charge in [0, 0.05) is 23.6 Å². The van der Waals surface area contributed by atoms with E-state index in [4.69, 9.17) is 19.4 Å². The van der Waals surface area contributed by atoms with E-state index < -0.39 is 31.7 Å². The summed E-state index contributed by atoms with van der Waals surface area (Å²) in [6.07, 6.45) is 0.828. The summed E-state index contributed by atoms with van der Waals surface area (Å²) in [7, 11) is -3.00. The van der Waals surface area contributed by atoms with E-state index in [1.165, 1.54) is 54.5 Å². The minimum absolute atomic E-state index is 0.0666. The first-order valence-electron chi connectivity index (χ1n) is 15.8. The second-order valence-electron chi connectivity index (χ2n) is 11.4. The fourth-order valence-corrected chi connectivity index (χ4v) is 10.1. The third-order valence-electron chi connectivity index (χ3n) is 7.41. The van der Waals surface area contributed by atoms with Crippen molar-refractivity contribution < 1.29 is 31.8 Å². The van der Waals surface area contributed by atoms with E-state index >= 15 is 0 Å². The van der Waals surface area contributed by atoms with Crippen molar-refractivity contribution >= 4 is 98.5 Å². The zero-order chi connectivity index (χ0) is 37.0. The van der Waals surface area contributed by atoms with Crippen LogP contribution in [-0.2, 0) is 19.6 Å². The summed E-state index contributed by atoms with van der Waals surface area (Å²) in [4.78, 5) is 39.7. The molecule has 14 nitrogen and oxygen atoms in total. The monoisotopic (exact) mass is 800 g/mol. The highest BCUT2D eigenvalue weighted by atomic mass is 32.2. The van der Waals surface area contributed by atoms with Crippen LogP contribution in [0.2, 0.25) is 0 Å². The number of hydrogen-bond donors (Lipinski definition) is 1. The highest BCUT2D eigenvalue weighted by molar-refractivity contribution is 8.15. The van der Waals surface area contributed by atoms with Gasteiger partial charge in [-0.1, -0.05) is 6.07 Å². The number of nitro groups is 1. The zero-order valence-electron chi connectivity index (χ0n) is 28.0. The Balaban J connectivity index is 0.000000183. The van der Waals surface area contributed by atoms with Crippen molar-refractivity contribution in [2.75, 3.05) is 31.8 Å². The number of rotatable bonds is 11. The molecule has 0 spiro atoms. The molecule has 0 fully saturated rings. The predicted molar refractivity (Wildman–Crippen MR) is 207 cm³/mol. The molecule has 0 radical (unpaired) electrons. The molecule has 0 amide bonds. The third kappa shape index (κ3) is 8.72. The van der Waals surface area contributed by atoms with Crippen molar-refractivity contribution in [1.82, 2.24) is 9.97 Å². The maximum atomic E-state index is 12.7. The SMILES string of the molecule is COC(=O)[C@H]1CSC(c2nc3ccc(OCCCN)cc3s2)=N1.Cc1ccc(S(=O)(=O)Oc2ccc3nc(C4=N[C@@H](C)CS4)sc3c2)c([N+](=O)[O-])c1. The highest BCUT2D eigenvalue weighted by Gasteiger charge is 2.29. The Morgan fingerprint density at radius 3 is 2.19 bits per heavy atom. The van der Waals surface area contributed by atoms with E-state index in [9.17, 15) is 23.3 Å². The van der Waals surface area contributed by atoms with Gasteiger partial charge in [-0.05, 0) is 68.8 Å². The molecule has 0 saturated heterocycles. The summed E-state index contributed by atoms with van der Waals surface area (Å²) < 4.78 is 42.7. The minimum atomic E-state index is -4.38. The van der Waals surface area contributed by atoms with Crippen molar-refractivity contribution in [3.8, 4) is 11.5 Å². The van der Waals surface area contributed by atoms with E-state index in [1.54, 1.807) is 42.2 Å². The molecule has 2 aliphatic rings. The van der Waals surface area contributed by atoms with Gasteiger partial charge in [-0.25, -0.2) is 14.8 Å². The van der Waals surface area contributed by atoms with Crippen LogP contribution in [-0.4, -0.2) is 83.2 Å². The number of nitrogens with two attached hydrogens (primary N) is 1. The first-order valence-corrected chi connectivity index (χ1v) is 20.8. The van der Waals surface area contributed by atoms with Gasteiger partial charge < -0.3 is 19.4 Å². The molecule has 0 saturated carbocycles. The molecule has 19 heteroatoms. The number of carbonyl (C=O) groups excluding carboxylic acids is 1. The summed E-state index contributed by atoms with van der Waals surface area (Å²) in [6.45, 7) is 4.91. The van der Waals surface area contributed by atoms with Gasteiger partial charge in [0.15, 0.2) is 10.9 Å². The molecule has 2 aliphatic heterocycles. The fourth-order valence-electron chi connectivity index (χ4n) is 4.90. The van der Waals surface area contributed by atoms with E-state index in [0.29, 0.717) is 30.0 Å². The van der Waals surface area contributed by atoms with Crippen molar-refractivity contribution in [3.63, 3.8) is 0 Å². The van der Waals surface area contributed by atoms with Gasteiger partial charge in [-0.15, -0.1) is 46.2 Å². The summed E-state index contributed by atoms with van der Waals surface area (Å²) in [5, 5.41) is 14.6. The fraction of sp³-hybridized carbons (Fsp3) is 0.303. The number of fused-ring (bicyclic) bond motifs is 2. The first kappa shape index (κ1) is 37.6. The van der Waals surface area contributed by atoms with Gasteiger partial charge in [0.05, 0.1) is 45.1 Å². The number of thiazole rings is 2. The largest absolute Gasteiger partial charge is 0.493 e. The van der Waals surface area contributed by atoms with Gasteiger partial charge in [0.1, 0.15) is 31.6 Å². The molecule has 0 aliphatic carbocycles. The number of aryl methyl sites for hydroxylation is 1.